The van der Waals surface area contributed by atoms with Crippen molar-refractivity contribution in [2.45, 2.75) is 33.2 Å². The molecule has 0 aliphatic rings. The van der Waals surface area contributed by atoms with E-state index in [9.17, 15) is 0 Å². The van der Waals surface area contributed by atoms with Gasteiger partial charge in [0.1, 0.15) is 5.15 Å². The quantitative estimate of drug-likeness (QED) is 0.662. The van der Waals surface area contributed by atoms with Gasteiger partial charge < -0.3 is 5.32 Å². The van der Waals surface area contributed by atoms with Crippen molar-refractivity contribution in [3.8, 4) is 0 Å². The van der Waals surface area contributed by atoms with Crippen molar-refractivity contribution < 1.29 is 0 Å². The summed E-state index contributed by atoms with van der Waals surface area (Å²) in [6.07, 6.45) is 2.79. The number of nitrogens with zero attached hydrogens (tertiary/aromatic N) is 1. The molecule has 21 heavy (non-hydrogen) atoms. The third-order valence-electron chi connectivity index (χ3n) is 3.16. The lowest BCUT2D eigenvalue weighted by Crippen LogP contribution is -2.18. The van der Waals surface area contributed by atoms with Crippen LogP contribution in [0.2, 0.25) is 5.15 Å². The van der Waals surface area contributed by atoms with Gasteiger partial charge in [-0.3, -0.25) is 0 Å². The Balaban J connectivity index is 2.25. The van der Waals surface area contributed by atoms with Gasteiger partial charge in [-0.25, -0.2) is 4.98 Å². The Kier molecular flexibility index (Phi) is 5.28. The molecule has 112 valence electrons. The Morgan fingerprint density at radius 3 is 2.48 bits per heavy atom. The van der Waals surface area contributed by atoms with Crippen molar-refractivity contribution in [3.63, 3.8) is 0 Å². The monoisotopic (exact) mass is 366 g/mol. The van der Waals surface area contributed by atoms with Gasteiger partial charge in [0.05, 0.1) is 22.4 Å². The van der Waals surface area contributed by atoms with E-state index in [4.69, 9.17) is 11.6 Å². The molecule has 0 aliphatic heterocycles. The van der Waals surface area contributed by atoms with Crippen molar-refractivity contribution in [2.24, 2.45) is 5.41 Å². The van der Waals surface area contributed by atoms with Crippen LogP contribution in [-0.4, -0.2) is 4.98 Å². The average molecular weight is 368 g/mol. The predicted octanol–water partition coefficient (Wildman–Crippen LogP) is 6.09. The van der Waals surface area contributed by atoms with Crippen molar-refractivity contribution in [2.75, 3.05) is 5.32 Å². The van der Waals surface area contributed by atoms with Crippen LogP contribution in [0.4, 0.5) is 5.69 Å². The van der Waals surface area contributed by atoms with Gasteiger partial charge >= 0.3 is 0 Å². The third kappa shape index (κ3) is 5.01. The topological polar surface area (TPSA) is 24.9 Å². The van der Waals surface area contributed by atoms with Crippen LogP contribution in [0, 0.1) is 5.41 Å². The number of hydrogen-bond donors (Lipinski definition) is 1. The van der Waals surface area contributed by atoms with Crippen LogP contribution in [0.15, 0.2) is 47.1 Å². The van der Waals surface area contributed by atoms with E-state index in [2.05, 4.69) is 71.3 Å². The third-order valence-corrected chi connectivity index (χ3v) is 4.29. The van der Waals surface area contributed by atoms with Crippen LogP contribution in [0.5, 0.6) is 0 Å². The summed E-state index contributed by atoms with van der Waals surface area (Å²) in [6, 6.07) is 12.7. The molecule has 0 saturated heterocycles. The zero-order valence-corrected chi connectivity index (χ0v) is 14.9. The minimum atomic E-state index is 0.227. The Labute approximate surface area is 140 Å². The highest BCUT2D eigenvalue weighted by Gasteiger charge is 2.20. The van der Waals surface area contributed by atoms with E-state index < -0.39 is 0 Å². The lowest BCUT2D eigenvalue weighted by Gasteiger charge is -2.28. The van der Waals surface area contributed by atoms with Crippen LogP contribution >= 0.6 is 27.5 Å². The van der Waals surface area contributed by atoms with Crippen LogP contribution < -0.4 is 5.32 Å². The van der Waals surface area contributed by atoms with E-state index in [0.717, 1.165) is 16.6 Å². The highest BCUT2D eigenvalue weighted by Crippen LogP contribution is 2.33. The summed E-state index contributed by atoms with van der Waals surface area (Å²) in [6.45, 7) is 6.75. The minimum Gasteiger partial charge on any atom is -0.377 e. The second-order valence-electron chi connectivity index (χ2n) is 6.37. The molecule has 0 fully saturated rings. The molecule has 1 atom stereocenters. The van der Waals surface area contributed by atoms with Gasteiger partial charge in [0, 0.05) is 0 Å². The lowest BCUT2D eigenvalue weighted by atomic mass is 9.85. The fraction of sp³-hybridized carbons (Fsp3) is 0.353. The maximum absolute atomic E-state index is 5.95. The van der Waals surface area contributed by atoms with Crippen LogP contribution in [-0.2, 0) is 0 Å². The standard InChI is InChI=1S/C17H20BrClN2/c1-17(2,3)10-15(12-7-5-4-6-8-12)21-13-9-14(18)16(19)20-11-13/h4-9,11,15,21H,10H2,1-3H3. The first-order chi connectivity index (χ1) is 9.85. The number of aromatic nitrogens is 1. The summed E-state index contributed by atoms with van der Waals surface area (Å²) in [5.41, 5.74) is 2.47. The summed E-state index contributed by atoms with van der Waals surface area (Å²) in [5.74, 6) is 0. The molecule has 2 rings (SSSR count). The first-order valence-electron chi connectivity index (χ1n) is 6.98. The fourth-order valence-electron chi connectivity index (χ4n) is 2.25. The number of pyridine rings is 1. The molecule has 0 spiro atoms. The van der Waals surface area contributed by atoms with Crippen LogP contribution in [0.25, 0.3) is 0 Å². The Morgan fingerprint density at radius 2 is 1.90 bits per heavy atom. The van der Waals surface area contributed by atoms with Gasteiger partial charge in [0.15, 0.2) is 0 Å². The van der Waals surface area contributed by atoms with Gasteiger partial charge in [-0.05, 0) is 39.4 Å². The average Bonchev–Trinajstić information content (AvgIpc) is 2.42. The molecule has 2 aromatic rings. The summed E-state index contributed by atoms with van der Waals surface area (Å²) in [5, 5.41) is 4.05. The molecular weight excluding hydrogens is 348 g/mol. The number of anilines is 1. The summed E-state index contributed by atoms with van der Waals surface area (Å²) >= 11 is 9.37. The van der Waals surface area contributed by atoms with Gasteiger partial charge in [-0.1, -0.05) is 62.7 Å². The minimum absolute atomic E-state index is 0.227. The van der Waals surface area contributed by atoms with Crippen molar-refractivity contribution in [1.29, 1.82) is 0 Å². The van der Waals surface area contributed by atoms with Gasteiger partial charge in [0.2, 0.25) is 0 Å². The molecule has 0 amide bonds. The van der Waals surface area contributed by atoms with Crippen molar-refractivity contribution >= 4 is 33.2 Å². The zero-order valence-electron chi connectivity index (χ0n) is 12.5. The molecular formula is C17H20BrClN2. The maximum Gasteiger partial charge on any atom is 0.143 e. The second-order valence-corrected chi connectivity index (χ2v) is 7.58. The van der Waals surface area contributed by atoms with Gasteiger partial charge in [-0.2, -0.15) is 0 Å². The molecule has 1 heterocycles. The molecule has 0 aliphatic carbocycles. The molecule has 0 bridgehead atoms. The van der Waals surface area contributed by atoms with E-state index in [1.165, 1.54) is 5.56 Å². The number of hydrogen-bond acceptors (Lipinski definition) is 2. The second kappa shape index (κ2) is 6.80. The zero-order chi connectivity index (χ0) is 15.5. The molecule has 2 nitrogen and oxygen atoms in total. The Bertz CT molecular complexity index is 593. The first-order valence-corrected chi connectivity index (χ1v) is 8.15. The molecule has 1 aromatic heterocycles. The van der Waals surface area contributed by atoms with E-state index in [-0.39, 0.29) is 11.5 Å². The SMILES string of the molecule is CC(C)(C)CC(Nc1cnc(Cl)c(Br)c1)c1ccccc1. The Hall–Kier alpha value is -1.06. The first kappa shape index (κ1) is 16.3. The van der Waals surface area contributed by atoms with Crippen molar-refractivity contribution in [1.82, 2.24) is 4.98 Å². The van der Waals surface area contributed by atoms with E-state index in [1.54, 1.807) is 6.20 Å². The fourth-order valence-corrected chi connectivity index (χ4v) is 2.70. The largest absolute Gasteiger partial charge is 0.377 e. The van der Waals surface area contributed by atoms with Gasteiger partial charge in [-0.15, -0.1) is 0 Å². The molecule has 1 unspecified atom stereocenters. The predicted molar refractivity (Wildman–Crippen MR) is 93.8 cm³/mol. The highest BCUT2D eigenvalue weighted by molar-refractivity contribution is 9.10. The normalized spacial score (nSPS) is 13.0. The smallest absolute Gasteiger partial charge is 0.143 e. The Morgan fingerprint density at radius 1 is 1.24 bits per heavy atom. The summed E-state index contributed by atoms with van der Waals surface area (Å²) in [7, 11) is 0. The highest BCUT2D eigenvalue weighted by atomic mass is 79.9. The molecule has 1 aromatic carbocycles. The van der Waals surface area contributed by atoms with E-state index in [0.29, 0.717) is 5.15 Å². The van der Waals surface area contributed by atoms with Crippen LogP contribution in [0.1, 0.15) is 38.8 Å². The maximum atomic E-state index is 5.95. The molecule has 1 N–H and O–H groups in total. The van der Waals surface area contributed by atoms with Crippen LogP contribution in [0.3, 0.4) is 0 Å². The van der Waals surface area contributed by atoms with E-state index in [1.807, 2.05) is 12.1 Å². The number of benzene rings is 1. The van der Waals surface area contributed by atoms with Gasteiger partial charge in [0.25, 0.3) is 0 Å². The number of rotatable bonds is 4. The lowest BCUT2D eigenvalue weighted by molar-refractivity contribution is 0.352. The number of halogens is 2. The summed E-state index contributed by atoms with van der Waals surface area (Å²) < 4.78 is 0.803. The molecule has 0 saturated carbocycles. The molecule has 0 radical (unpaired) electrons. The van der Waals surface area contributed by atoms with E-state index >= 15 is 0 Å². The summed E-state index contributed by atoms with van der Waals surface area (Å²) in [4.78, 5) is 4.18. The molecule has 4 heteroatoms. The number of nitrogens with one attached hydrogen (secondary N) is 1. The van der Waals surface area contributed by atoms with Crippen molar-refractivity contribution in [3.05, 3.63) is 57.8 Å².